The number of thiazole rings is 1. The van der Waals surface area contributed by atoms with Crippen molar-refractivity contribution in [1.29, 1.82) is 5.26 Å². The molecule has 0 bridgehead atoms. The van der Waals surface area contributed by atoms with Gasteiger partial charge in [0.05, 0.1) is 23.9 Å². The van der Waals surface area contributed by atoms with Crippen LogP contribution in [0.3, 0.4) is 0 Å². The molecule has 122 valence electrons. The van der Waals surface area contributed by atoms with Gasteiger partial charge in [-0.05, 0) is 35.9 Å². The smallest absolute Gasteiger partial charge is 0.337 e. The van der Waals surface area contributed by atoms with Crippen molar-refractivity contribution >= 4 is 29.0 Å². The molecule has 0 amide bonds. The van der Waals surface area contributed by atoms with Crippen LogP contribution in [0.25, 0.3) is 22.9 Å². The molecule has 0 fully saturated rings. The Hall–Kier alpha value is -3.30. The number of rotatable bonds is 4. The molecule has 3 rings (SSSR count). The van der Waals surface area contributed by atoms with Crippen LogP contribution in [-0.4, -0.2) is 23.0 Å². The summed E-state index contributed by atoms with van der Waals surface area (Å²) >= 11 is 1.41. The number of aromatic nitrogens is 2. The molecule has 0 saturated heterocycles. The molecule has 6 heteroatoms. The van der Waals surface area contributed by atoms with Gasteiger partial charge in [-0.2, -0.15) is 5.26 Å². The molecule has 0 aliphatic carbocycles. The van der Waals surface area contributed by atoms with Gasteiger partial charge < -0.3 is 4.74 Å². The van der Waals surface area contributed by atoms with Gasteiger partial charge in [0, 0.05) is 23.3 Å². The van der Waals surface area contributed by atoms with E-state index in [0.717, 1.165) is 16.8 Å². The Morgan fingerprint density at radius 3 is 2.56 bits per heavy atom. The highest BCUT2D eigenvalue weighted by atomic mass is 32.1. The van der Waals surface area contributed by atoms with Gasteiger partial charge in [-0.15, -0.1) is 11.3 Å². The van der Waals surface area contributed by atoms with Crippen molar-refractivity contribution in [1.82, 2.24) is 9.97 Å². The Labute approximate surface area is 148 Å². The van der Waals surface area contributed by atoms with E-state index in [1.165, 1.54) is 18.4 Å². The number of hydrogen-bond acceptors (Lipinski definition) is 6. The predicted molar refractivity (Wildman–Crippen MR) is 96.6 cm³/mol. The van der Waals surface area contributed by atoms with Gasteiger partial charge in [0.25, 0.3) is 0 Å². The number of benzene rings is 1. The summed E-state index contributed by atoms with van der Waals surface area (Å²) in [6.45, 7) is 0. The van der Waals surface area contributed by atoms with E-state index in [9.17, 15) is 10.1 Å². The van der Waals surface area contributed by atoms with E-state index >= 15 is 0 Å². The molecular formula is C19H13N3O2S. The van der Waals surface area contributed by atoms with Crippen molar-refractivity contribution in [2.75, 3.05) is 7.11 Å². The zero-order chi connectivity index (χ0) is 17.6. The Bertz CT molecular complexity index is 954. The average Bonchev–Trinajstić information content (AvgIpc) is 3.16. The summed E-state index contributed by atoms with van der Waals surface area (Å²) in [5.41, 5.74) is 3.51. The van der Waals surface area contributed by atoms with E-state index in [2.05, 4.69) is 20.8 Å². The van der Waals surface area contributed by atoms with Gasteiger partial charge >= 0.3 is 5.97 Å². The second kappa shape index (κ2) is 7.51. The highest BCUT2D eigenvalue weighted by Crippen LogP contribution is 2.26. The van der Waals surface area contributed by atoms with Crippen molar-refractivity contribution in [2.24, 2.45) is 0 Å². The molecule has 2 aromatic heterocycles. The molecule has 0 spiro atoms. The number of allylic oxidation sites excluding steroid dienone is 1. The maximum absolute atomic E-state index is 11.5. The first kappa shape index (κ1) is 16.6. The zero-order valence-corrected chi connectivity index (χ0v) is 14.2. The summed E-state index contributed by atoms with van der Waals surface area (Å²) in [4.78, 5) is 20.0. The van der Waals surface area contributed by atoms with Crippen LogP contribution >= 0.6 is 11.3 Å². The quantitative estimate of drug-likeness (QED) is 0.525. The number of methoxy groups -OCH3 is 1. The first-order chi connectivity index (χ1) is 12.2. The molecule has 3 aromatic rings. The Morgan fingerprint density at radius 1 is 1.20 bits per heavy atom. The molecule has 0 saturated carbocycles. The van der Waals surface area contributed by atoms with E-state index in [-0.39, 0.29) is 0 Å². The van der Waals surface area contributed by atoms with E-state index in [1.54, 1.807) is 42.7 Å². The first-order valence-corrected chi connectivity index (χ1v) is 8.25. The molecule has 0 N–H and O–H groups in total. The summed E-state index contributed by atoms with van der Waals surface area (Å²) < 4.78 is 4.67. The minimum absolute atomic E-state index is 0.391. The lowest BCUT2D eigenvalue weighted by atomic mass is 10.1. The minimum Gasteiger partial charge on any atom is -0.465 e. The Morgan fingerprint density at radius 2 is 1.92 bits per heavy atom. The van der Waals surface area contributed by atoms with Crippen molar-refractivity contribution in [3.8, 4) is 17.3 Å². The number of pyridine rings is 1. The number of carbonyl (C=O) groups excluding carboxylic acids is 1. The minimum atomic E-state index is -0.391. The van der Waals surface area contributed by atoms with Crippen LogP contribution in [0.1, 0.15) is 20.9 Å². The van der Waals surface area contributed by atoms with Crippen LogP contribution in [-0.2, 0) is 4.74 Å². The number of ether oxygens (including phenoxy) is 1. The lowest BCUT2D eigenvalue weighted by Gasteiger charge is -2.00. The third kappa shape index (κ3) is 3.79. The fraction of sp³-hybridized carbons (Fsp3) is 0.0526. The molecule has 5 nitrogen and oxygen atoms in total. The Balaban J connectivity index is 1.88. The zero-order valence-electron chi connectivity index (χ0n) is 13.3. The monoisotopic (exact) mass is 347 g/mol. The van der Waals surface area contributed by atoms with Crippen LogP contribution in [0.15, 0.2) is 54.2 Å². The van der Waals surface area contributed by atoms with Crippen LogP contribution in [0.2, 0.25) is 0 Å². The van der Waals surface area contributed by atoms with Gasteiger partial charge in [0.2, 0.25) is 0 Å². The summed E-state index contributed by atoms with van der Waals surface area (Å²) in [5.74, 6) is -0.391. The third-order valence-corrected chi connectivity index (χ3v) is 4.35. The number of nitriles is 1. The second-order valence-electron chi connectivity index (χ2n) is 5.06. The second-order valence-corrected chi connectivity index (χ2v) is 5.92. The third-order valence-electron chi connectivity index (χ3n) is 3.47. The molecule has 1 aromatic carbocycles. The number of esters is 1. The molecule has 0 atom stereocenters. The number of nitrogens with zero attached hydrogens (tertiary/aromatic N) is 3. The predicted octanol–water partition coefficient (Wildman–Crippen LogP) is 4.06. The fourth-order valence-electron chi connectivity index (χ4n) is 2.19. The highest BCUT2D eigenvalue weighted by molar-refractivity contribution is 7.11. The van der Waals surface area contributed by atoms with E-state index in [1.807, 2.05) is 17.5 Å². The van der Waals surface area contributed by atoms with Crippen molar-refractivity contribution in [3.05, 3.63) is 70.3 Å². The fourth-order valence-corrected chi connectivity index (χ4v) is 2.99. The van der Waals surface area contributed by atoms with Crippen molar-refractivity contribution < 1.29 is 9.53 Å². The van der Waals surface area contributed by atoms with Gasteiger partial charge in [-0.1, -0.05) is 12.1 Å². The molecule has 0 radical (unpaired) electrons. The Kier molecular flexibility index (Phi) is 4.97. The van der Waals surface area contributed by atoms with E-state index in [0.29, 0.717) is 16.1 Å². The molecule has 25 heavy (non-hydrogen) atoms. The van der Waals surface area contributed by atoms with Crippen molar-refractivity contribution in [3.63, 3.8) is 0 Å². The summed E-state index contributed by atoms with van der Waals surface area (Å²) in [6, 6.07) is 12.8. The normalized spacial score (nSPS) is 11.0. The standard InChI is InChI=1S/C19H13N3O2S/c1-24-19(23)15-4-2-13(3-5-15)10-16(11-20)18-22-17(12-25-18)14-6-8-21-9-7-14/h2-10,12H,1H3/b16-10-. The summed E-state index contributed by atoms with van der Waals surface area (Å²) in [5, 5.41) is 12.0. The first-order valence-electron chi connectivity index (χ1n) is 7.37. The molecule has 2 heterocycles. The van der Waals surface area contributed by atoms with Crippen molar-refractivity contribution in [2.45, 2.75) is 0 Å². The van der Waals surface area contributed by atoms with Crippen LogP contribution < -0.4 is 0 Å². The largest absolute Gasteiger partial charge is 0.465 e. The van der Waals surface area contributed by atoms with Crippen LogP contribution in [0, 0.1) is 11.3 Å². The van der Waals surface area contributed by atoms with E-state index in [4.69, 9.17) is 0 Å². The molecule has 0 aliphatic rings. The maximum Gasteiger partial charge on any atom is 0.337 e. The lowest BCUT2D eigenvalue weighted by Crippen LogP contribution is -2.00. The number of hydrogen-bond donors (Lipinski definition) is 0. The number of carbonyl (C=O) groups is 1. The topological polar surface area (TPSA) is 75.9 Å². The van der Waals surface area contributed by atoms with Crippen LogP contribution in [0.5, 0.6) is 0 Å². The highest BCUT2D eigenvalue weighted by Gasteiger charge is 2.09. The van der Waals surface area contributed by atoms with Gasteiger partial charge in [-0.25, -0.2) is 9.78 Å². The average molecular weight is 347 g/mol. The SMILES string of the molecule is COC(=O)c1ccc(/C=C(/C#N)c2nc(-c3ccncc3)cs2)cc1. The van der Waals surface area contributed by atoms with Gasteiger partial charge in [0.1, 0.15) is 11.1 Å². The van der Waals surface area contributed by atoms with Gasteiger partial charge in [0.15, 0.2) is 0 Å². The molecular weight excluding hydrogens is 334 g/mol. The lowest BCUT2D eigenvalue weighted by molar-refractivity contribution is 0.0600. The maximum atomic E-state index is 11.5. The summed E-state index contributed by atoms with van der Waals surface area (Å²) in [7, 11) is 1.34. The molecule has 0 aliphatic heterocycles. The summed E-state index contributed by atoms with van der Waals surface area (Å²) in [6.07, 6.45) is 5.16. The van der Waals surface area contributed by atoms with Crippen LogP contribution in [0.4, 0.5) is 0 Å². The molecule has 0 unspecified atom stereocenters. The van der Waals surface area contributed by atoms with E-state index < -0.39 is 5.97 Å². The van der Waals surface area contributed by atoms with Gasteiger partial charge in [-0.3, -0.25) is 4.98 Å².